The van der Waals surface area contributed by atoms with Gasteiger partial charge in [-0.3, -0.25) is 4.79 Å². The number of nitrogens with zero attached hydrogens (tertiary/aromatic N) is 1. The molecular weight excluding hydrogens is 248 g/mol. The molecule has 1 heterocycles. The number of nitrogens with one attached hydrogen (secondary N) is 1. The van der Waals surface area contributed by atoms with Crippen molar-refractivity contribution in [1.82, 2.24) is 9.97 Å². The SMILES string of the molecule is CCSc1ccc(-c2nc(O)c(C)c(=O)[nH]2)cc1. The van der Waals surface area contributed by atoms with Gasteiger partial charge in [-0.05, 0) is 24.8 Å². The molecule has 0 unspecified atom stereocenters. The fourth-order valence-electron chi connectivity index (χ4n) is 1.53. The van der Waals surface area contributed by atoms with Crippen LogP contribution in [0.2, 0.25) is 0 Å². The highest BCUT2D eigenvalue weighted by Gasteiger charge is 2.07. The van der Waals surface area contributed by atoms with E-state index in [2.05, 4.69) is 16.9 Å². The predicted molar refractivity (Wildman–Crippen MR) is 73.1 cm³/mol. The first-order chi connectivity index (χ1) is 8.61. The van der Waals surface area contributed by atoms with Crippen molar-refractivity contribution in [3.05, 3.63) is 40.2 Å². The Morgan fingerprint density at radius 2 is 2.00 bits per heavy atom. The van der Waals surface area contributed by atoms with Crippen LogP contribution in [0, 0.1) is 6.92 Å². The van der Waals surface area contributed by atoms with E-state index in [1.165, 1.54) is 11.8 Å². The minimum atomic E-state index is -0.315. The smallest absolute Gasteiger partial charge is 0.257 e. The first-order valence-electron chi connectivity index (χ1n) is 5.65. The molecule has 0 fully saturated rings. The summed E-state index contributed by atoms with van der Waals surface area (Å²) in [4.78, 5) is 19.3. The van der Waals surface area contributed by atoms with Gasteiger partial charge in [0.25, 0.3) is 5.56 Å². The molecule has 0 spiro atoms. The molecule has 2 N–H and O–H groups in total. The Kier molecular flexibility index (Phi) is 3.72. The molecule has 0 aliphatic heterocycles. The van der Waals surface area contributed by atoms with Crippen LogP contribution in [0.15, 0.2) is 34.0 Å². The molecule has 5 heteroatoms. The minimum absolute atomic E-state index is 0.222. The Labute approximate surface area is 109 Å². The Bertz CT molecular complexity index is 605. The molecule has 2 aromatic rings. The Morgan fingerprint density at radius 3 is 2.56 bits per heavy atom. The zero-order valence-corrected chi connectivity index (χ0v) is 11.0. The third-order valence-corrected chi connectivity index (χ3v) is 3.46. The molecule has 0 atom stereocenters. The van der Waals surface area contributed by atoms with E-state index in [1.54, 1.807) is 11.8 Å². The van der Waals surface area contributed by atoms with E-state index in [9.17, 15) is 9.90 Å². The van der Waals surface area contributed by atoms with Crippen molar-refractivity contribution in [2.75, 3.05) is 5.75 Å². The van der Waals surface area contributed by atoms with Gasteiger partial charge in [-0.1, -0.05) is 19.1 Å². The summed E-state index contributed by atoms with van der Waals surface area (Å²) in [5.74, 6) is 1.18. The van der Waals surface area contributed by atoms with Crippen LogP contribution < -0.4 is 5.56 Å². The highest BCUT2D eigenvalue weighted by Crippen LogP contribution is 2.22. The number of benzene rings is 1. The van der Waals surface area contributed by atoms with Crippen LogP contribution in [0.5, 0.6) is 5.88 Å². The lowest BCUT2D eigenvalue weighted by Gasteiger charge is -2.04. The quantitative estimate of drug-likeness (QED) is 0.834. The van der Waals surface area contributed by atoms with E-state index >= 15 is 0 Å². The van der Waals surface area contributed by atoms with Crippen LogP contribution in [0.3, 0.4) is 0 Å². The second-order valence-electron chi connectivity index (χ2n) is 3.82. The van der Waals surface area contributed by atoms with Crippen molar-refractivity contribution in [3.8, 4) is 17.3 Å². The largest absolute Gasteiger partial charge is 0.493 e. The van der Waals surface area contributed by atoms with Gasteiger partial charge in [0, 0.05) is 10.5 Å². The standard InChI is InChI=1S/C13H14N2O2S/c1-3-18-10-6-4-9(5-7-10)11-14-12(16)8(2)13(17)15-11/h4-7H,3H2,1-2H3,(H2,14,15,16,17). The summed E-state index contributed by atoms with van der Waals surface area (Å²) in [7, 11) is 0. The molecule has 0 amide bonds. The van der Waals surface area contributed by atoms with Gasteiger partial charge in [-0.25, -0.2) is 0 Å². The maximum absolute atomic E-state index is 11.5. The molecule has 0 saturated carbocycles. The summed E-state index contributed by atoms with van der Waals surface area (Å²) >= 11 is 1.75. The second kappa shape index (κ2) is 5.27. The first kappa shape index (κ1) is 12.7. The van der Waals surface area contributed by atoms with Crippen LogP contribution in [-0.2, 0) is 0 Å². The molecule has 4 nitrogen and oxygen atoms in total. The average Bonchev–Trinajstić information content (AvgIpc) is 2.37. The van der Waals surface area contributed by atoms with Gasteiger partial charge in [-0.2, -0.15) is 4.98 Å². The fraction of sp³-hybridized carbons (Fsp3) is 0.231. The van der Waals surface area contributed by atoms with Crippen LogP contribution in [-0.4, -0.2) is 20.8 Å². The number of hydrogen-bond donors (Lipinski definition) is 2. The summed E-state index contributed by atoms with van der Waals surface area (Å²) in [6.07, 6.45) is 0. The predicted octanol–water partition coefficient (Wildman–Crippen LogP) is 2.56. The van der Waals surface area contributed by atoms with E-state index in [0.717, 1.165) is 11.3 Å². The van der Waals surface area contributed by atoms with Gasteiger partial charge in [0.1, 0.15) is 5.82 Å². The van der Waals surface area contributed by atoms with Crippen molar-refractivity contribution in [3.63, 3.8) is 0 Å². The van der Waals surface area contributed by atoms with Crippen molar-refractivity contribution >= 4 is 11.8 Å². The van der Waals surface area contributed by atoms with E-state index in [-0.39, 0.29) is 17.0 Å². The summed E-state index contributed by atoms with van der Waals surface area (Å²) in [5, 5.41) is 9.55. The molecule has 2 rings (SSSR count). The number of aromatic nitrogens is 2. The highest BCUT2D eigenvalue weighted by atomic mass is 32.2. The number of thioether (sulfide) groups is 1. The molecule has 0 radical (unpaired) electrons. The van der Waals surface area contributed by atoms with Gasteiger partial charge in [-0.15, -0.1) is 11.8 Å². The first-order valence-corrected chi connectivity index (χ1v) is 6.63. The topological polar surface area (TPSA) is 66.0 Å². The monoisotopic (exact) mass is 262 g/mol. The molecule has 94 valence electrons. The lowest BCUT2D eigenvalue weighted by Crippen LogP contribution is -2.12. The van der Waals surface area contributed by atoms with Crippen molar-refractivity contribution < 1.29 is 5.11 Å². The molecular formula is C13H14N2O2S. The average molecular weight is 262 g/mol. The van der Waals surface area contributed by atoms with Crippen molar-refractivity contribution in [1.29, 1.82) is 0 Å². The highest BCUT2D eigenvalue weighted by molar-refractivity contribution is 7.99. The summed E-state index contributed by atoms with van der Waals surface area (Å²) < 4.78 is 0. The molecule has 1 aromatic carbocycles. The van der Waals surface area contributed by atoms with Gasteiger partial charge in [0.05, 0.1) is 5.56 Å². The van der Waals surface area contributed by atoms with Gasteiger partial charge >= 0.3 is 0 Å². The molecule has 0 bridgehead atoms. The van der Waals surface area contributed by atoms with Gasteiger partial charge < -0.3 is 10.1 Å². The van der Waals surface area contributed by atoms with Crippen molar-refractivity contribution in [2.45, 2.75) is 18.7 Å². The molecule has 0 saturated heterocycles. The Morgan fingerprint density at radius 1 is 1.33 bits per heavy atom. The van der Waals surface area contributed by atoms with E-state index in [4.69, 9.17) is 0 Å². The van der Waals surface area contributed by atoms with Crippen LogP contribution >= 0.6 is 11.8 Å². The number of rotatable bonds is 3. The molecule has 0 aliphatic rings. The lowest BCUT2D eigenvalue weighted by molar-refractivity contribution is 0.447. The number of aromatic amines is 1. The van der Waals surface area contributed by atoms with E-state index in [1.807, 2.05) is 24.3 Å². The van der Waals surface area contributed by atoms with Gasteiger partial charge in [0.2, 0.25) is 5.88 Å². The van der Waals surface area contributed by atoms with E-state index in [0.29, 0.717) is 5.82 Å². The number of H-pyrrole nitrogens is 1. The normalized spacial score (nSPS) is 10.6. The number of hydrogen-bond acceptors (Lipinski definition) is 4. The maximum Gasteiger partial charge on any atom is 0.257 e. The van der Waals surface area contributed by atoms with Crippen LogP contribution in [0.1, 0.15) is 12.5 Å². The Balaban J connectivity index is 2.40. The van der Waals surface area contributed by atoms with Crippen LogP contribution in [0.25, 0.3) is 11.4 Å². The lowest BCUT2D eigenvalue weighted by atomic mass is 10.2. The van der Waals surface area contributed by atoms with Crippen LogP contribution in [0.4, 0.5) is 0 Å². The Hall–Kier alpha value is -1.75. The zero-order chi connectivity index (χ0) is 13.1. The fourth-order valence-corrected chi connectivity index (χ4v) is 2.19. The summed E-state index contributed by atoms with van der Waals surface area (Å²) in [5.41, 5.74) is 0.698. The summed E-state index contributed by atoms with van der Waals surface area (Å²) in [6.45, 7) is 3.63. The third kappa shape index (κ3) is 2.56. The van der Waals surface area contributed by atoms with E-state index < -0.39 is 0 Å². The zero-order valence-electron chi connectivity index (χ0n) is 10.2. The maximum atomic E-state index is 11.5. The second-order valence-corrected chi connectivity index (χ2v) is 5.16. The number of aromatic hydroxyl groups is 1. The minimum Gasteiger partial charge on any atom is -0.493 e. The van der Waals surface area contributed by atoms with Gasteiger partial charge in [0.15, 0.2) is 0 Å². The molecule has 0 aliphatic carbocycles. The molecule has 1 aromatic heterocycles. The van der Waals surface area contributed by atoms with Crippen molar-refractivity contribution in [2.24, 2.45) is 0 Å². The summed E-state index contributed by atoms with van der Waals surface area (Å²) in [6, 6.07) is 7.71. The third-order valence-electron chi connectivity index (χ3n) is 2.56. The molecule has 18 heavy (non-hydrogen) atoms.